The molecule has 136 valence electrons. The fourth-order valence-electron chi connectivity index (χ4n) is 3.66. The summed E-state index contributed by atoms with van der Waals surface area (Å²) in [4.78, 5) is 2.60. The van der Waals surface area contributed by atoms with Crippen molar-refractivity contribution in [2.24, 2.45) is 5.92 Å². The summed E-state index contributed by atoms with van der Waals surface area (Å²) in [5.74, 6) is 0.531. The van der Waals surface area contributed by atoms with Crippen molar-refractivity contribution >= 4 is 0 Å². The van der Waals surface area contributed by atoms with Crippen molar-refractivity contribution in [2.75, 3.05) is 6.61 Å². The first-order chi connectivity index (χ1) is 12.2. The van der Waals surface area contributed by atoms with Crippen LogP contribution in [0.15, 0.2) is 60.7 Å². The van der Waals surface area contributed by atoms with E-state index >= 15 is 0 Å². The fourth-order valence-corrected chi connectivity index (χ4v) is 3.66. The van der Waals surface area contributed by atoms with Gasteiger partial charge in [0.05, 0.1) is 6.10 Å². The average Bonchev–Trinajstić information content (AvgIpc) is 2.62. The van der Waals surface area contributed by atoms with Crippen molar-refractivity contribution < 1.29 is 4.74 Å². The molecule has 2 rings (SSSR count). The quantitative estimate of drug-likeness (QED) is 0.564. The Bertz CT molecular complexity index is 540. The van der Waals surface area contributed by atoms with Crippen LogP contribution in [0.2, 0.25) is 0 Å². The largest absolute Gasteiger partial charge is 0.377 e. The van der Waals surface area contributed by atoms with Crippen molar-refractivity contribution in [1.29, 1.82) is 0 Å². The molecule has 0 radical (unpaired) electrons. The molecule has 0 spiro atoms. The normalized spacial score (nSPS) is 14.0. The number of nitrogens with zero attached hydrogens (tertiary/aromatic N) is 1. The van der Waals surface area contributed by atoms with E-state index in [0.717, 1.165) is 26.1 Å². The SMILES string of the molecule is CCO[C@H](CC)[C@H](C(C)C)N(Cc1ccccc1)Cc1ccccc1. The summed E-state index contributed by atoms with van der Waals surface area (Å²) in [7, 11) is 0. The number of ether oxygens (including phenoxy) is 1. The van der Waals surface area contributed by atoms with Gasteiger partial charge in [0.1, 0.15) is 0 Å². The second kappa shape index (κ2) is 10.4. The Morgan fingerprint density at radius 1 is 0.800 bits per heavy atom. The second-order valence-corrected chi connectivity index (χ2v) is 7.01. The molecule has 0 N–H and O–H groups in total. The van der Waals surface area contributed by atoms with E-state index in [0.29, 0.717) is 12.0 Å². The summed E-state index contributed by atoms with van der Waals surface area (Å²) >= 11 is 0. The maximum absolute atomic E-state index is 6.13. The third-order valence-corrected chi connectivity index (χ3v) is 4.73. The van der Waals surface area contributed by atoms with Gasteiger partial charge in [-0.1, -0.05) is 81.4 Å². The van der Waals surface area contributed by atoms with Crippen LogP contribution in [-0.2, 0) is 17.8 Å². The van der Waals surface area contributed by atoms with Gasteiger partial charge in [-0.25, -0.2) is 0 Å². The first kappa shape index (κ1) is 19.7. The minimum absolute atomic E-state index is 0.262. The van der Waals surface area contributed by atoms with Crippen LogP contribution >= 0.6 is 0 Å². The highest BCUT2D eigenvalue weighted by atomic mass is 16.5. The van der Waals surface area contributed by atoms with Crippen LogP contribution in [-0.4, -0.2) is 23.7 Å². The van der Waals surface area contributed by atoms with E-state index in [9.17, 15) is 0 Å². The highest BCUT2D eigenvalue weighted by Gasteiger charge is 2.30. The van der Waals surface area contributed by atoms with Crippen LogP contribution in [0.3, 0.4) is 0 Å². The van der Waals surface area contributed by atoms with Gasteiger partial charge in [0.15, 0.2) is 0 Å². The first-order valence-electron chi connectivity index (χ1n) is 9.59. The van der Waals surface area contributed by atoms with Crippen molar-refractivity contribution in [3.05, 3.63) is 71.8 Å². The van der Waals surface area contributed by atoms with Crippen molar-refractivity contribution in [3.8, 4) is 0 Å². The zero-order chi connectivity index (χ0) is 18.1. The number of benzene rings is 2. The summed E-state index contributed by atoms with van der Waals surface area (Å²) < 4.78 is 6.13. The second-order valence-electron chi connectivity index (χ2n) is 7.01. The Kier molecular flexibility index (Phi) is 8.17. The molecule has 2 aromatic rings. The van der Waals surface area contributed by atoms with E-state index < -0.39 is 0 Å². The number of hydrogen-bond acceptors (Lipinski definition) is 2. The lowest BCUT2D eigenvalue weighted by Crippen LogP contribution is -2.47. The van der Waals surface area contributed by atoms with E-state index in [4.69, 9.17) is 4.74 Å². The van der Waals surface area contributed by atoms with Crippen molar-refractivity contribution in [3.63, 3.8) is 0 Å². The molecule has 0 aromatic heterocycles. The van der Waals surface area contributed by atoms with Gasteiger partial charge in [-0.2, -0.15) is 0 Å². The molecule has 0 amide bonds. The molecular formula is C23H33NO. The van der Waals surface area contributed by atoms with Gasteiger partial charge >= 0.3 is 0 Å². The predicted octanol–water partition coefficient (Wildman–Crippen LogP) is 5.53. The summed E-state index contributed by atoms with van der Waals surface area (Å²) in [6.07, 6.45) is 1.30. The Balaban J connectivity index is 2.29. The van der Waals surface area contributed by atoms with E-state index in [-0.39, 0.29) is 6.10 Å². The van der Waals surface area contributed by atoms with Gasteiger partial charge in [-0.3, -0.25) is 4.90 Å². The Labute approximate surface area is 153 Å². The van der Waals surface area contributed by atoms with Crippen LogP contribution in [0, 0.1) is 5.92 Å². The minimum atomic E-state index is 0.262. The molecule has 2 atom stereocenters. The molecule has 2 aromatic carbocycles. The maximum atomic E-state index is 6.13. The van der Waals surface area contributed by atoms with Crippen LogP contribution in [0.1, 0.15) is 45.2 Å². The van der Waals surface area contributed by atoms with Gasteiger partial charge in [0.25, 0.3) is 0 Å². The standard InChI is InChI=1S/C23H33NO/c1-5-22(25-6-2)23(19(3)4)24(17-20-13-9-7-10-14-20)18-21-15-11-8-12-16-21/h7-16,19,22-23H,5-6,17-18H2,1-4H3/t22-,23+/m1/s1. The number of rotatable bonds is 10. The molecule has 0 saturated carbocycles. The van der Waals surface area contributed by atoms with E-state index in [1.165, 1.54) is 11.1 Å². The lowest BCUT2D eigenvalue weighted by Gasteiger charge is -2.39. The molecule has 2 heteroatoms. The third kappa shape index (κ3) is 5.98. The maximum Gasteiger partial charge on any atom is 0.0730 e. The van der Waals surface area contributed by atoms with E-state index in [2.05, 4.69) is 93.3 Å². The molecule has 0 aliphatic rings. The average molecular weight is 340 g/mol. The zero-order valence-electron chi connectivity index (χ0n) is 16.2. The van der Waals surface area contributed by atoms with Crippen LogP contribution in [0.5, 0.6) is 0 Å². The van der Waals surface area contributed by atoms with Crippen molar-refractivity contribution in [2.45, 2.75) is 59.4 Å². The fraction of sp³-hybridized carbons (Fsp3) is 0.478. The topological polar surface area (TPSA) is 12.5 Å². The molecule has 0 bridgehead atoms. The molecule has 2 nitrogen and oxygen atoms in total. The monoisotopic (exact) mass is 339 g/mol. The molecule has 0 aliphatic heterocycles. The molecule has 0 unspecified atom stereocenters. The Morgan fingerprint density at radius 2 is 1.28 bits per heavy atom. The summed E-state index contributed by atoms with van der Waals surface area (Å²) in [5.41, 5.74) is 2.71. The lowest BCUT2D eigenvalue weighted by atomic mass is 9.93. The third-order valence-electron chi connectivity index (χ3n) is 4.73. The molecule has 0 fully saturated rings. The number of hydrogen-bond donors (Lipinski definition) is 0. The van der Waals surface area contributed by atoms with E-state index in [1.54, 1.807) is 0 Å². The molecular weight excluding hydrogens is 306 g/mol. The van der Waals surface area contributed by atoms with Gasteiger partial charge in [-0.15, -0.1) is 0 Å². The highest BCUT2D eigenvalue weighted by Crippen LogP contribution is 2.24. The summed E-state index contributed by atoms with van der Waals surface area (Å²) in [6, 6.07) is 21.9. The summed E-state index contributed by atoms with van der Waals surface area (Å²) in [6.45, 7) is 11.6. The van der Waals surface area contributed by atoms with Crippen LogP contribution in [0.25, 0.3) is 0 Å². The van der Waals surface area contributed by atoms with Gasteiger partial charge in [-0.05, 0) is 30.4 Å². The van der Waals surface area contributed by atoms with Crippen molar-refractivity contribution in [1.82, 2.24) is 4.90 Å². The molecule has 0 heterocycles. The highest BCUT2D eigenvalue weighted by molar-refractivity contribution is 5.17. The van der Waals surface area contributed by atoms with Gasteiger partial charge in [0.2, 0.25) is 0 Å². The Hall–Kier alpha value is -1.64. The molecule has 0 aliphatic carbocycles. The van der Waals surface area contributed by atoms with Gasteiger partial charge < -0.3 is 4.74 Å². The predicted molar refractivity (Wildman–Crippen MR) is 106 cm³/mol. The van der Waals surface area contributed by atoms with Crippen LogP contribution < -0.4 is 0 Å². The first-order valence-corrected chi connectivity index (χ1v) is 9.59. The zero-order valence-corrected chi connectivity index (χ0v) is 16.2. The smallest absolute Gasteiger partial charge is 0.0730 e. The molecule has 0 saturated heterocycles. The minimum Gasteiger partial charge on any atom is -0.377 e. The van der Waals surface area contributed by atoms with Gasteiger partial charge in [0, 0.05) is 25.7 Å². The van der Waals surface area contributed by atoms with Crippen LogP contribution in [0.4, 0.5) is 0 Å². The Morgan fingerprint density at radius 3 is 1.64 bits per heavy atom. The molecule has 25 heavy (non-hydrogen) atoms. The lowest BCUT2D eigenvalue weighted by molar-refractivity contribution is -0.0346. The summed E-state index contributed by atoms with van der Waals surface area (Å²) in [5, 5.41) is 0. The van der Waals surface area contributed by atoms with E-state index in [1.807, 2.05) is 0 Å².